The normalized spacial score (nSPS) is 17.5. The molecule has 3 nitrogen and oxygen atoms in total. The summed E-state index contributed by atoms with van der Waals surface area (Å²) < 4.78 is 0. The largest absolute Gasteiger partial charge is 0.322 e. The first-order chi connectivity index (χ1) is 10.1. The van der Waals surface area contributed by atoms with E-state index in [-0.39, 0.29) is 12.5 Å². The summed E-state index contributed by atoms with van der Waals surface area (Å²) in [5.41, 5.74) is 0.484. The Morgan fingerprint density at radius 2 is 1.86 bits per heavy atom. The van der Waals surface area contributed by atoms with Gasteiger partial charge in [0.2, 0.25) is 5.91 Å². The second-order valence-electron chi connectivity index (χ2n) is 5.71. The van der Waals surface area contributed by atoms with E-state index < -0.39 is 0 Å². The maximum atomic E-state index is 12.0. The molecule has 1 atom stereocenters. The van der Waals surface area contributed by atoms with Crippen molar-refractivity contribution < 1.29 is 4.79 Å². The third kappa shape index (κ3) is 4.87. The van der Waals surface area contributed by atoms with Crippen LogP contribution >= 0.6 is 23.2 Å². The van der Waals surface area contributed by atoms with Gasteiger partial charge in [0.05, 0.1) is 22.3 Å². The van der Waals surface area contributed by atoms with Gasteiger partial charge in [0.15, 0.2) is 0 Å². The monoisotopic (exact) mass is 328 g/mol. The Hall–Kier alpha value is -0.770. The molecule has 0 heterocycles. The van der Waals surface area contributed by atoms with Crippen LogP contribution in [0.2, 0.25) is 10.0 Å². The minimum atomic E-state index is -0.118. The molecule has 1 unspecified atom stereocenters. The average molecular weight is 329 g/mol. The lowest BCUT2D eigenvalue weighted by Crippen LogP contribution is -2.39. The Kier molecular flexibility index (Phi) is 6.34. The van der Waals surface area contributed by atoms with Gasteiger partial charge in [-0.25, -0.2) is 0 Å². The lowest BCUT2D eigenvalue weighted by molar-refractivity contribution is -0.115. The van der Waals surface area contributed by atoms with Crippen molar-refractivity contribution in [2.45, 2.75) is 45.1 Å². The number of nitrogens with one attached hydrogen (secondary N) is 2. The van der Waals surface area contributed by atoms with Crippen molar-refractivity contribution >= 4 is 34.8 Å². The van der Waals surface area contributed by atoms with Gasteiger partial charge < -0.3 is 10.6 Å². The molecule has 1 aliphatic carbocycles. The van der Waals surface area contributed by atoms with Gasteiger partial charge in [0, 0.05) is 6.04 Å². The number of carbonyl (C=O) groups is 1. The molecular formula is C16H22Cl2N2O. The fourth-order valence-corrected chi connectivity index (χ4v) is 3.35. The van der Waals surface area contributed by atoms with Gasteiger partial charge in [0.1, 0.15) is 0 Å². The van der Waals surface area contributed by atoms with Crippen molar-refractivity contribution in [2.75, 3.05) is 11.9 Å². The number of rotatable bonds is 5. The topological polar surface area (TPSA) is 41.1 Å². The van der Waals surface area contributed by atoms with Crippen LogP contribution in [0, 0.1) is 5.92 Å². The minimum absolute atomic E-state index is 0.118. The molecule has 0 aliphatic heterocycles. The highest BCUT2D eigenvalue weighted by atomic mass is 35.5. The molecule has 21 heavy (non-hydrogen) atoms. The molecule has 2 rings (SSSR count). The predicted octanol–water partition coefficient (Wildman–Crippen LogP) is 4.49. The maximum Gasteiger partial charge on any atom is 0.238 e. The summed E-state index contributed by atoms with van der Waals surface area (Å²) >= 11 is 12.1. The first-order valence-corrected chi connectivity index (χ1v) is 8.30. The molecule has 5 heteroatoms. The molecule has 1 saturated carbocycles. The third-order valence-electron chi connectivity index (χ3n) is 4.17. The lowest BCUT2D eigenvalue weighted by atomic mass is 9.84. The van der Waals surface area contributed by atoms with Gasteiger partial charge in [-0.15, -0.1) is 0 Å². The summed E-state index contributed by atoms with van der Waals surface area (Å²) in [6, 6.07) is 5.53. The van der Waals surface area contributed by atoms with Crippen molar-refractivity contribution in [3.05, 3.63) is 28.2 Å². The van der Waals surface area contributed by atoms with Crippen LogP contribution in [0.5, 0.6) is 0 Å². The molecule has 1 aromatic rings. The van der Waals surface area contributed by atoms with Crippen LogP contribution < -0.4 is 10.6 Å². The number of hydrogen-bond acceptors (Lipinski definition) is 2. The van der Waals surface area contributed by atoms with E-state index in [1.807, 2.05) is 0 Å². The van der Waals surface area contributed by atoms with Crippen LogP contribution in [0.25, 0.3) is 0 Å². The Morgan fingerprint density at radius 1 is 1.24 bits per heavy atom. The summed E-state index contributed by atoms with van der Waals surface area (Å²) in [6.45, 7) is 2.44. The van der Waals surface area contributed by atoms with E-state index >= 15 is 0 Å². The molecule has 2 N–H and O–H groups in total. The van der Waals surface area contributed by atoms with Crippen molar-refractivity contribution in [2.24, 2.45) is 5.92 Å². The van der Waals surface area contributed by atoms with E-state index in [9.17, 15) is 4.79 Å². The Balaban J connectivity index is 1.82. The van der Waals surface area contributed by atoms with Gasteiger partial charge in [-0.1, -0.05) is 48.5 Å². The highest BCUT2D eigenvalue weighted by molar-refractivity contribution is 6.39. The quantitative estimate of drug-likeness (QED) is 0.836. The summed E-state index contributed by atoms with van der Waals surface area (Å²) in [5, 5.41) is 6.99. The molecule has 1 amide bonds. The molecule has 1 aliphatic rings. The highest BCUT2D eigenvalue weighted by Gasteiger charge is 2.20. The molecular weight excluding hydrogens is 307 g/mol. The number of anilines is 1. The molecule has 0 spiro atoms. The summed E-state index contributed by atoms with van der Waals surface area (Å²) in [5.74, 6) is 0.558. The third-order valence-corrected chi connectivity index (χ3v) is 4.80. The minimum Gasteiger partial charge on any atom is -0.322 e. The number of benzene rings is 1. The molecule has 116 valence electrons. The zero-order chi connectivity index (χ0) is 15.2. The van der Waals surface area contributed by atoms with Gasteiger partial charge in [-0.05, 0) is 37.8 Å². The van der Waals surface area contributed by atoms with Crippen molar-refractivity contribution in [1.29, 1.82) is 0 Å². The van der Waals surface area contributed by atoms with E-state index in [0.29, 0.717) is 27.7 Å². The van der Waals surface area contributed by atoms with Crippen LogP contribution in [0.1, 0.15) is 39.0 Å². The second kappa shape index (κ2) is 8.02. The van der Waals surface area contributed by atoms with E-state index in [4.69, 9.17) is 23.2 Å². The summed E-state index contributed by atoms with van der Waals surface area (Å²) in [6.07, 6.45) is 6.46. The summed E-state index contributed by atoms with van der Waals surface area (Å²) in [7, 11) is 0. The van der Waals surface area contributed by atoms with Crippen molar-refractivity contribution in [3.63, 3.8) is 0 Å². The molecule has 0 saturated heterocycles. The zero-order valence-electron chi connectivity index (χ0n) is 12.3. The van der Waals surface area contributed by atoms with Crippen LogP contribution in [0.4, 0.5) is 5.69 Å². The Bertz CT molecular complexity index is 467. The Labute approximate surface area is 136 Å². The maximum absolute atomic E-state index is 12.0. The van der Waals surface area contributed by atoms with Crippen LogP contribution in [-0.4, -0.2) is 18.5 Å². The number of carbonyl (C=O) groups excluding carboxylic acids is 1. The van der Waals surface area contributed by atoms with Crippen molar-refractivity contribution in [1.82, 2.24) is 5.32 Å². The van der Waals surface area contributed by atoms with Crippen LogP contribution in [0.3, 0.4) is 0 Å². The molecule has 0 aromatic heterocycles. The highest BCUT2D eigenvalue weighted by Crippen LogP contribution is 2.29. The predicted molar refractivity (Wildman–Crippen MR) is 89.1 cm³/mol. The van der Waals surface area contributed by atoms with Gasteiger partial charge in [-0.2, -0.15) is 0 Å². The smallest absolute Gasteiger partial charge is 0.238 e. The molecule has 1 aromatic carbocycles. The fourth-order valence-electron chi connectivity index (χ4n) is 2.86. The van der Waals surface area contributed by atoms with Crippen LogP contribution in [-0.2, 0) is 4.79 Å². The lowest BCUT2D eigenvalue weighted by Gasteiger charge is -2.28. The molecule has 0 bridgehead atoms. The zero-order valence-corrected chi connectivity index (χ0v) is 13.8. The molecule has 1 fully saturated rings. The average Bonchev–Trinajstić information content (AvgIpc) is 2.49. The first-order valence-electron chi connectivity index (χ1n) is 7.55. The van der Waals surface area contributed by atoms with E-state index in [1.165, 1.54) is 32.1 Å². The van der Waals surface area contributed by atoms with E-state index in [0.717, 1.165) is 0 Å². The van der Waals surface area contributed by atoms with Gasteiger partial charge in [0.25, 0.3) is 0 Å². The van der Waals surface area contributed by atoms with Gasteiger partial charge >= 0.3 is 0 Å². The van der Waals surface area contributed by atoms with Crippen molar-refractivity contribution in [3.8, 4) is 0 Å². The number of para-hydroxylation sites is 1. The van der Waals surface area contributed by atoms with E-state index in [1.54, 1.807) is 18.2 Å². The number of amides is 1. The summed E-state index contributed by atoms with van der Waals surface area (Å²) in [4.78, 5) is 12.0. The van der Waals surface area contributed by atoms with E-state index in [2.05, 4.69) is 17.6 Å². The Morgan fingerprint density at radius 3 is 2.48 bits per heavy atom. The van der Waals surface area contributed by atoms with Crippen LogP contribution in [0.15, 0.2) is 18.2 Å². The number of hydrogen-bond donors (Lipinski definition) is 2. The first kappa shape index (κ1) is 16.6. The molecule has 0 radical (unpaired) electrons. The SMILES string of the molecule is CC(NCC(=O)Nc1c(Cl)cccc1Cl)C1CCCCC1. The van der Waals surface area contributed by atoms with Gasteiger partial charge in [-0.3, -0.25) is 4.79 Å². The number of halogens is 2. The standard InChI is InChI=1S/C16H22Cl2N2O/c1-11(12-6-3-2-4-7-12)19-10-15(21)20-16-13(17)8-5-9-14(16)18/h5,8-9,11-12,19H,2-4,6-7,10H2,1H3,(H,20,21). The fraction of sp³-hybridized carbons (Fsp3) is 0.562. The second-order valence-corrected chi connectivity index (χ2v) is 6.53.